The topological polar surface area (TPSA) is 77.2 Å². The van der Waals surface area contributed by atoms with E-state index in [1.807, 2.05) is 36.4 Å². The molecule has 2 heterocycles. The van der Waals surface area contributed by atoms with E-state index in [0.29, 0.717) is 17.0 Å². The van der Waals surface area contributed by atoms with Gasteiger partial charge >= 0.3 is 0 Å². The fourth-order valence-electron chi connectivity index (χ4n) is 4.00. The van der Waals surface area contributed by atoms with Gasteiger partial charge in [-0.2, -0.15) is 0 Å². The van der Waals surface area contributed by atoms with Gasteiger partial charge in [-0.15, -0.1) is 0 Å². The number of nitrogens with one attached hydrogen (secondary N) is 1. The number of hydrogen-bond donors (Lipinski definition) is 1. The summed E-state index contributed by atoms with van der Waals surface area (Å²) in [4.78, 5) is 17.4. The van der Waals surface area contributed by atoms with Gasteiger partial charge in [0.05, 0.1) is 12.6 Å². The van der Waals surface area contributed by atoms with Gasteiger partial charge in [-0.05, 0) is 49.6 Å². The number of ether oxygens (including phenoxy) is 1. The third-order valence-corrected chi connectivity index (χ3v) is 5.50. The van der Waals surface area contributed by atoms with Crippen LogP contribution in [0.3, 0.4) is 0 Å². The fourth-order valence-corrected chi connectivity index (χ4v) is 4.00. The highest BCUT2D eigenvalue weighted by atomic mass is 16.5. The fraction of sp³-hybridized carbons (Fsp3) is 0.318. The van der Waals surface area contributed by atoms with Crippen molar-refractivity contribution in [2.24, 2.45) is 0 Å². The molecule has 1 aromatic carbocycles. The first kappa shape index (κ1) is 18.2. The highest BCUT2D eigenvalue weighted by molar-refractivity contribution is 6.01. The van der Waals surface area contributed by atoms with Crippen LogP contribution in [0.15, 0.2) is 53.3 Å². The van der Waals surface area contributed by atoms with Crippen molar-refractivity contribution in [3.8, 4) is 17.0 Å². The Kier molecular flexibility index (Phi) is 4.86. The van der Waals surface area contributed by atoms with Crippen molar-refractivity contribution in [1.29, 1.82) is 0 Å². The normalized spacial score (nSPS) is 15.4. The van der Waals surface area contributed by atoms with Crippen LogP contribution in [-0.4, -0.2) is 23.2 Å². The molecule has 1 saturated carbocycles. The molecular formula is C22H23N3O3. The Labute approximate surface area is 163 Å². The first-order valence-corrected chi connectivity index (χ1v) is 9.47. The summed E-state index contributed by atoms with van der Waals surface area (Å²) < 4.78 is 10.6. The molecule has 4 rings (SSSR count). The molecule has 6 heteroatoms. The number of benzene rings is 1. The average molecular weight is 377 g/mol. The second kappa shape index (κ2) is 7.46. The zero-order chi connectivity index (χ0) is 19.6. The summed E-state index contributed by atoms with van der Waals surface area (Å²) in [6.07, 6.45) is 7.31. The summed E-state index contributed by atoms with van der Waals surface area (Å²) in [7, 11) is 1.65. The number of methoxy groups -OCH3 is 1. The van der Waals surface area contributed by atoms with Crippen LogP contribution in [0.5, 0.6) is 5.75 Å². The summed E-state index contributed by atoms with van der Waals surface area (Å²) in [6.45, 7) is 1.77. The largest absolute Gasteiger partial charge is 0.497 e. The van der Waals surface area contributed by atoms with Crippen LogP contribution in [0.2, 0.25) is 0 Å². The molecule has 3 aromatic rings. The first-order valence-electron chi connectivity index (χ1n) is 9.47. The van der Waals surface area contributed by atoms with E-state index in [9.17, 15) is 4.79 Å². The minimum absolute atomic E-state index is 0.164. The molecule has 28 heavy (non-hydrogen) atoms. The number of pyridine rings is 1. The van der Waals surface area contributed by atoms with Crippen molar-refractivity contribution >= 4 is 5.91 Å². The van der Waals surface area contributed by atoms with E-state index in [2.05, 4.69) is 15.5 Å². The van der Waals surface area contributed by atoms with Gasteiger partial charge < -0.3 is 14.6 Å². The number of carbonyl (C=O) groups is 1. The zero-order valence-electron chi connectivity index (χ0n) is 16.1. The minimum atomic E-state index is -0.386. The lowest BCUT2D eigenvalue weighted by Gasteiger charge is -2.31. The van der Waals surface area contributed by atoms with Crippen LogP contribution >= 0.6 is 0 Å². The number of amides is 1. The SMILES string of the molecule is COc1ccc(C2(NC(=O)c3c(-c4ccncc4)noc3C)CCCC2)cc1. The van der Waals surface area contributed by atoms with Crippen molar-refractivity contribution in [2.45, 2.75) is 38.1 Å². The Morgan fingerprint density at radius 1 is 1.11 bits per heavy atom. The summed E-state index contributed by atoms with van der Waals surface area (Å²) in [5, 5.41) is 7.42. The maximum absolute atomic E-state index is 13.3. The van der Waals surface area contributed by atoms with E-state index in [0.717, 1.165) is 42.6 Å². The van der Waals surface area contributed by atoms with E-state index < -0.39 is 0 Å². The lowest BCUT2D eigenvalue weighted by Crippen LogP contribution is -2.44. The van der Waals surface area contributed by atoms with Crippen LogP contribution in [-0.2, 0) is 5.54 Å². The third-order valence-electron chi connectivity index (χ3n) is 5.50. The molecule has 0 radical (unpaired) electrons. The predicted octanol–water partition coefficient (Wildman–Crippen LogP) is 4.25. The number of nitrogens with zero attached hydrogens (tertiary/aromatic N) is 2. The molecule has 0 aliphatic heterocycles. The molecule has 0 bridgehead atoms. The third kappa shape index (κ3) is 3.26. The molecule has 0 spiro atoms. The summed E-state index contributed by atoms with van der Waals surface area (Å²) in [6, 6.07) is 11.6. The van der Waals surface area contributed by atoms with Gasteiger partial charge in [-0.1, -0.05) is 30.1 Å². The van der Waals surface area contributed by atoms with E-state index in [1.54, 1.807) is 26.4 Å². The maximum Gasteiger partial charge on any atom is 0.257 e. The monoisotopic (exact) mass is 377 g/mol. The lowest BCUT2D eigenvalue weighted by molar-refractivity contribution is 0.0897. The second-order valence-electron chi connectivity index (χ2n) is 7.17. The van der Waals surface area contributed by atoms with Crippen LogP contribution in [0.4, 0.5) is 0 Å². The predicted molar refractivity (Wildman–Crippen MR) is 105 cm³/mol. The minimum Gasteiger partial charge on any atom is -0.497 e. The molecule has 1 aliphatic carbocycles. The van der Waals surface area contributed by atoms with Crippen LogP contribution in [0.1, 0.15) is 47.4 Å². The Morgan fingerprint density at radius 2 is 1.79 bits per heavy atom. The van der Waals surface area contributed by atoms with Crippen molar-refractivity contribution in [3.05, 3.63) is 65.7 Å². The standard InChI is InChI=1S/C22H23N3O3/c1-15-19(20(25-28-15)16-9-13-23-14-10-16)21(26)24-22(11-3-4-12-22)17-5-7-18(27-2)8-6-17/h5-10,13-14H,3-4,11-12H2,1-2H3,(H,24,26). The lowest BCUT2D eigenvalue weighted by atomic mass is 9.87. The molecule has 1 N–H and O–H groups in total. The van der Waals surface area contributed by atoms with E-state index in [4.69, 9.17) is 9.26 Å². The summed E-state index contributed by atoms with van der Waals surface area (Å²) in [5.41, 5.74) is 2.54. The zero-order valence-corrected chi connectivity index (χ0v) is 16.1. The molecule has 0 atom stereocenters. The molecule has 1 fully saturated rings. The average Bonchev–Trinajstić information content (AvgIpc) is 3.36. The molecule has 6 nitrogen and oxygen atoms in total. The van der Waals surface area contributed by atoms with E-state index in [1.165, 1.54) is 0 Å². The Morgan fingerprint density at radius 3 is 2.43 bits per heavy atom. The molecular weight excluding hydrogens is 354 g/mol. The highest BCUT2D eigenvalue weighted by Crippen LogP contribution is 2.40. The van der Waals surface area contributed by atoms with Crippen LogP contribution in [0.25, 0.3) is 11.3 Å². The number of hydrogen-bond acceptors (Lipinski definition) is 5. The number of carbonyl (C=O) groups excluding carboxylic acids is 1. The summed E-state index contributed by atoms with van der Waals surface area (Å²) >= 11 is 0. The van der Waals surface area contributed by atoms with Gasteiger partial charge in [0.15, 0.2) is 0 Å². The van der Waals surface area contributed by atoms with Crippen LogP contribution < -0.4 is 10.1 Å². The van der Waals surface area contributed by atoms with Crippen molar-refractivity contribution in [2.75, 3.05) is 7.11 Å². The Balaban J connectivity index is 1.67. The summed E-state index contributed by atoms with van der Waals surface area (Å²) in [5.74, 6) is 1.15. The molecule has 144 valence electrons. The molecule has 0 saturated heterocycles. The Bertz CT molecular complexity index is 958. The van der Waals surface area contributed by atoms with Crippen molar-refractivity contribution in [3.63, 3.8) is 0 Å². The second-order valence-corrected chi connectivity index (χ2v) is 7.17. The molecule has 1 amide bonds. The quantitative estimate of drug-likeness (QED) is 0.719. The van der Waals surface area contributed by atoms with E-state index >= 15 is 0 Å². The molecule has 0 unspecified atom stereocenters. The smallest absolute Gasteiger partial charge is 0.257 e. The van der Waals surface area contributed by atoms with E-state index in [-0.39, 0.29) is 11.4 Å². The number of aromatic nitrogens is 2. The van der Waals surface area contributed by atoms with Gasteiger partial charge in [-0.3, -0.25) is 9.78 Å². The van der Waals surface area contributed by atoms with Crippen LogP contribution in [0, 0.1) is 6.92 Å². The first-order chi connectivity index (χ1) is 13.6. The molecule has 1 aliphatic rings. The van der Waals surface area contributed by atoms with Gasteiger partial charge in [-0.25, -0.2) is 0 Å². The molecule has 2 aromatic heterocycles. The Hall–Kier alpha value is -3.15. The number of aryl methyl sites for hydroxylation is 1. The van der Waals surface area contributed by atoms with Gasteiger partial charge in [0.1, 0.15) is 22.8 Å². The van der Waals surface area contributed by atoms with Crippen molar-refractivity contribution < 1.29 is 14.1 Å². The number of rotatable bonds is 5. The van der Waals surface area contributed by atoms with Crippen molar-refractivity contribution in [1.82, 2.24) is 15.5 Å². The van der Waals surface area contributed by atoms with Gasteiger partial charge in [0, 0.05) is 18.0 Å². The maximum atomic E-state index is 13.3. The van der Waals surface area contributed by atoms with Gasteiger partial charge in [0.2, 0.25) is 0 Å². The highest BCUT2D eigenvalue weighted by Gasteiger charge is 2.38. The van der Waals surface area contributed by atoms with Gasteiger partial charge in [0.25, 0.3) is 5.91 Å².